The van der Waals surface area contributed by atoms with E-state index in [1.54, 1.807) is 26.2 Å². The lowest BCUT2D eigenvalue weighted by Crippen LogP contribution is -2.59. The minimum atomic E-state index is -4.19. The highest BCUT2D eigenvalue weighted by atomic mass is 19.4. The predicted octanol–water partition coefficient (Wildman–Crippen LogP) is 0.981. The molecule has 2 atom stereocenters. The van der Waals surface area contributed by atoms with Crippen molar-refractivity contribution in [2.24, 2.45) is 0 Å². The van der Waals surface area contributed by atoms with Gasteiger partial charge >= 0.3 is 6.18 Å². The molecule has 1 aliphatic rings. The van der Waals surface area contributed by atoms with Crippen LogP contribution >= 0.6 is 0 Å². The number of aromatic nitrogens is 5. The average Bonchev–Trinajstić information content (AvgIpc) is 2.89. The van der Waals surface area contributed by atoms with E-state index in [0.717, 1.165) is 0 Å². The molecule has 3 rings (SSSR count). The third-order valence-electron chi connectivity index (χ3n) is 3.86. The van der Waals surface area contributed by atoms with E-state index in [9.17, 15) is 13.2 Å². The molecule has 0 radical (unpaired) electrons. The van der Waals surface area contributed by atoms with Crippen LogP contribution in [0.4, 0.5) is 19.0 Å². The van der Waals surface area contributed by atoms with Crippen molar-refractivity contribution in [2.75, 3.05) is 24.5 Å². The van der Waals surface area contributed by atoms with Crippen LogP contribution in [0.15, 0.2) is 12.4 Å². The molecule has 7 nitrogen and oxygen atoms in total. The maximum absolute atomic E-state index is 12.7. The Bertz CT molecular complexity index is 643. The number of tetrazole rings is 1. The minimum Gasteiger partial charge on any atom is -0.350 e. The van der Waals surface area contributed by atoms with Gasteiger partial charge in [-0.25, -0.2) is 4.98 Å². The number of alkyl halides is 3. The van der Waals surface area contributed by atoms with E-state index >= 15 is 0 Å². The van der Waals surface area contributed by atoms with E-state index in [4.69, 9.17) is 0 Å². The van der Waals surface area contributed by atoms with Crippen LogP contribution < -0.4 is 4.90 Å². The standard InChI is InChI=1S/C12H16F3N7/c1-8-5-20(6-9(2)21(8)7-12(13,14)15)10-11-17-18-19-22(11)4-3-16-10/h3-4,8-9H,5-7H2,1-2H3/t8-,9+. The molecule has 0 aromatic carbocycles. The number of hydrogen-bond acceptors (Lipinski definition) is 6. The molecule has 10 heteroatoms. The number of halogens is 3. The molecule has 0 aliphatic carbocycles. The van der Waals surface area contributed by atoms with E-state index < -0.39 is 12.7 Å². The summed E-state index contributed by atoms with van der Waals surface area (Å²) >= 11 is 0. The number of nitrogens with zero attached hydrogens (tertiary/aromatic N) is 7. The lowest BCUT2D eigenvalue weighted by molar-refractivity contribution is -0.156. The van der Waals surface area contributed by atoms with E-state index in [1.807, 2.05) is 4.90 Å². The molecule has 120 valence electrons. The smallest absolute Gasteiger partial charge is 0.350 e. The van der Waals surface area contributed by atoms with Crippen LogP contribution in [-0.2, 0) is 0 Å². The van der Waals surface area contributed by atoms with Crippen LogP contribution in [0.25, 0.3) is 5.65 Å². The van der Waals surface area contributed by atoms with Crippen molar-refractivity contribution >= 4 is 11.5 Å². The van der Waals surface area contributed by atoms with Crippen molar-refractivity contribution in [3.63, 3.8) is 0 Å². The van der Waals surface area contributed by atoms with Crippen molar-refractivity contribution in [3.8, 4) is 0 Å². The summed E-state index contributed by atoms with van der Waals surface area (Å²) < 4.78 is 39.5. The first-order valence-corrected chi connectivity index (χ1v) is 6.95. The van der Waals surface area contributed by atoms with E-state index in [1.165, 1.54) is 9.42 Å². The first-order chi connectivity index (χ1) is 10.3. The fraction of sp³-hybridized carbons (Fsp3) is 0.667. The molecule has 22 heavy (non-hydrogen) atoms. The second-order valence-electron chi connectivity index (χ2n) is 5.59. The van der Waals surface area contributed by atoms with Gasteiger partial charge in [0.2, 0.25) is 5.65 Å². The van der Waals surface area contributed by atoms with Crippen molar-refractivity contribution in [1.29, 1.82) is 0 Å². The van der Waals surface area contributed by atoms with Crippen molar-refractivity contribution in [3.05, 3.63) is 12.4 Å². The molecular formula is C12H16F3N7. The quantitative estimate of drug-likeness (QED) is 0.823. The zero-order valence-electron chi connectivity index (χ0n) is 12.2. The van der Waals surface area contributed by atoms with Gasteiger partial charge in [0.15, 0.2) is 5.82 Å². The van der Waals surface area contributed by atoms with Gasteiger partial charge in [0.1, 0.15) is 0 Å². The summed E-state index contributed by atoms with van der Waals surface area (Å²) in [5.41, 5.74) is 0.506. The molecule has 0 spiro atoms. The molecule has 2 aromatic rings. The zero-order valence-corrected chi connectivity index (χ0v) is 12.2. The van der Waals surface area contributed by atoms with Crippen LogP contribution in [0.3, 0.4) is 0 Å². The predicted molar refractivity (Wildman–Crippen MR) is 72.5 cm³/mol. The van der Waals surface area contributed by atoms with Gasteiger partial charge in [0.05, 0.1) is 12.7 Å². The molecule has 1 aliphatic heterocycles. The number of fused-ring (bicyclic) bond motifs is 1. The van der Waals surface area contributed by atoms with Crippen LogP contribution in [0.1, 0.15) is 13.8 Å². The molecule has 2 aromatic heterocycles. The number of anilines is 1. The average molecular weight is 315 g/mol. The number of rotatable bonds is 2. The van der Waals surface area contributed by atoms with Gasteiger partial charge in [0, 0.05) is 31.4 Å². The molecule has 0 amide bonds. The minimum absolute atomic E-state index is 0.247. The molecule has 0 bridgehead atoms. The van der Waals surface area contributed by atoms with Gasteiger partial charge in [0.25, 0.3) is 0 Å². The summed E-state index contributed by atoms with van der Waals surface area (Å²) in [4.78, 5) is 7.70. The zero-order chi connectivity index (χ0) is 15.9. The summed E-state index contributed by atoms with van der Waals surface area (Å²) in [7, 11) is 0. The highest BCUT2D eigenvalue weighted by Gasteiger charge is 2.38. The lowest BCUT2D eigenvalue weighted by atomic mass is 10.1. The Labute approximate surface area is 124 Å². The summed E-state index contributed by atoms with van der Waals surface area (Å²) in [6.07, 6.45) is -0.985. The van der Waals surface area contributed by atoms with Gasteiger partial charge in [-0.3, -0.25) is 4.90 Å². The Balaban J connectivity index is 1.83. The molecule has 0 unspecified atom stereocenters. The topological polar surface area (TPSA) is 62.5 Å². The second-order valence-corrected chi connectivity index (χ2v) is 5.59. The fourth-order valence-electron chi connectivity index (χ4n) is 2.94. The Morgan fingerprint density at radius 1 is 1.23 bits per heavy atom. The Morgan fingerprint density at radius 2 is 1.91 bits per heavy atom. The Morgan fingerprint density at radius 3 is 2.55 bits per heavy atom. The summed E-state index contributed by atoms with van der Waals surface area (Å²) in [5.74, 6) is 0.595. The van der Waals surface area contributed by atoms with Crippen molar-refractivity contribution in [1.82, 2.24) is 29.9 Å². The molecule has 3 heterocycles. The molecular weight excluding hydrogens is 299 g/mol. The van der Waals surface area contributed by atoms with E-state index in [2.05, 4.69) is 20.5 Å². The first-order valence-electron chi connectivity index (χ1n) is 6.95. The van der Waals surface area contributed by atoms with Gasteiger partial charge in [-0.15, -0.1) is 5.10 Å². The van der Waals surface area contributed by atoms with Gasteiger partial charge in [-0.05, 0) is 24.3 Å². The maximum Gasteiger partial charge on any atom is 0.401 e. The maximum atomic E-state index is 12.7. The fourth-order valence-corrected chi connectivity index (χ4v) is 2.94. The first kappa shape index (κ1) is 14.9. The van der Waals surface area contributed by atoms with Crippen LogP contribution in [0, 0.1) is 0 Å². The van der Waals surface area contributed by atoms with Gasteiger partial charge < -0.3 is 4.90 Å². The lowest BCUT2D eigenvalue weighted by Gasteiger charge is -2.44. The summed E-state index contributed by atoms with van der Waals surface area (Å²) in [6, 6.07) is -0.494. The highest BCUT2D eigenvalue weighted by Crippen LogP contribution is 2.26. The van der Waals surface area contributed by atoms with E-state index in [-0.39, 0.29) is 12.1 Å². The monoisotopic (exact) mass is 315 g/mol. The van der Waals surface area contributed by atoms with Crippen LogP contribution in [0.2, 0.25) is 0 Å². The normalized spacial score (nSPS) is 24.1. The van der Waals surface area contributed by atoms with Crippen molar-refractivity contribution < 1.29 is 13.2 Å². The molecule has 1 saturated heterocycles. The number of piperazine rings is 1. The third-order valence-corrected chi connectivity index (χ3v) is 3.86. The van der Waals surface area contributed by atoms with Gasteiger partial charge in [-0.1, -0.05) is 0 Å². The second kappa shape index (κ2) is 5.34. The number of hydrogen-bond donors (Lipinski definition) is 0. The Hall–Kier alpha value is -1.97. The Kier molecular flexibility index (Phi) is 3.63. The van der Waals surface area contributed by atoms with Gasteiger partial charge in [-0.2, -0.15) is 17.7 Å². The summed E-state index contributed by atoms with van der Waals surface area (Å²) in [6.45, 7) is 3.57. The molecule has 0 saturated carbocycles. The van der Waals surface area contributed by atoms with Crippen molar-refractivity contribution in [2.45, 2.75) is 32.1 Å². The molecule has 0 N–H and O–H groups in total. The SMILES string of the molecule is C[C@@H]1CN(c2nccn3nnnc23)C[C@H](C)N1CC(F)(F)F. The highest BCUT2D eigenvalue weighted by molar-refractivity contribution is 5.63. The van der Waals surface area contributed by atoms with Crippen LogP contribution in [-0.4, -0.2) is 67.8 Å². The van der Waals surface area contributed by atoms with Crippen LogP contribution in [0.5, 0.6) is 0 Å². The third kappa shape index (κ3) is 2.82. The summed E-state index contributed by atoms with van der Waals surface area (Å²) in [5, 5.41) is 11.3. The largest absolute Gasteiger partial charge is 0.401 e. The molecule has 1 fully saturated rings. The van der Waals surface area contributed by atoms with E-state index in [0.29, 0.717) is 24.6 Å².